The number of ether oxygens (including phenoxy) is 2. The van der Waals surface area contributed by atoms with Gasteiger partial charge >= 0.3 is 0 Å². The highest BCUT2D eigenvalue weighted by Crippen LogP contribution is 2.35. The zero-order valence-corrected chi connectivity index (χ0v) is 20.0. The van der Waals surface area contributed by atoms with E-state index in [0.29, 0.717) is 11.5 Å². The smallest absolute Gasteiger partial charge is 0.161 e. The van der Waals surface area contributed by atoms with E-state index in [1.54, 1.807) is 14.2 Å². The van der Waals surface area contributed by atoms with Crippen molar-refractivity contribution in [2.75, 3.05) is 46.9 Å². The summed E-state index contributed by atoms with van der Waals surface area (Å²) in [6, 6.07) is 25.3. The van der Waals surface area contributed by atoms with Crippen LogP contribution in [0.3, 0.4) is 0 Å². The molecule has 0 N–H and O–H groups in total. The van der Waals surface area contributed by atoms with Crippen LogP contribution < -0.4 is 9.47 Å². The molecule has 0 atom stereocenters. The molecule has 0 amide bonds. The van der Waals surface area contributed by atoms with Gasteiger partial charge in [-0.2, -0.15) is 0 Å². The van der Waals surface area contributed by atoms with E-state index in [4.69, 9.17) is 13.9 Å². The summed E-state index contributed by atoms with van der Waals surface area (Å²) >= 11 is 0. The lowest BCUT2D eigenvalue weighted by molar-refractivity contribution is 0.128. The summed E-state index contributed by atoms with van der Waals surface area (Å²) in [5.74, 6) is 2.25. The first-order valence-corrected chi connectivity index (χ1v) is 12.0. The quantitative estimate of drug-likeness (QED) is 0.351. The molecule has 34 heavy (non-hydrogen) atoms. The van der Waals surface area contributed by atoms with Crippen LogP contribution in [0.25, 0.3) is 22.3 Å². The van der Waals surface area contributed by atoms with Crippen molar-refractivity contribution >= 4 is 11.0 Å². The third-order valence-corrected chi connectivity index (χ3v) is 6.68. The van der Waals surface area contributed by atoms with E-state index in [1.165, 1.54) is 11.1 Å². The van der Waals surface area contributed by atoms with Gasteiger partial charge in [-0.3, -0.25) is 4.90 Å². The average molecular weight is 457 g/mol. The summed E-state index contributed by atoms with van der Waals surface area (Å²) in [5.41, 5.74) is 4.63. The molecule has 1 fully saturated rings. The maximum absolute atomic E-state index is 6.12. The fourth-order valence-electron chi connectivity index (χ4n) is 4.68. The normalized spacial score (nSPS) is 15.0. The number of benzene rings is 3. The molecule has 176 valence electrons. The lowest BCUT2D eigenvalue weighted by Gasteiger charge is -2.34. The number of furan rings is 1. The Bertz CT molecular complexity index is 1230. The minimum Gasteiger partial charge on any atom is -0.493 e. The highest BCUT2D eigenvalue weighted by molar-refractivity contribution is 5.83. The number of piperazine rings is 1. The summed E-state index contributed by atoms with van der Waals surface area (Å²) in [4.78, 5) is 5.13. The maximum atomic E-state index is 6.12. The van der Waals surface area contributed by atoms with E-state index < -0.39 is 0 Å². The van der Waals surface area contributed by atoms with Crippen LogP contribution in [0.2, 0.25) is 0 Å². The summed E-state index contributed by atoms with van der Waals surface area (Å²) in [5, 5.41) is 1.13. The van der Waals surface area contributed by atoms with Crippen LogP contribution in [-0.4, -0.2) is 56.7 Å². The molecule has 3 aromatic carbocycles. The van der Waals surface area contributed by atoms with E-state index in [2.05, 4.69) is 64.4 Å². The van der Waals surface area contributed by atoms with E-state index in [0.717, 1.165) is 68.0 Å². The molecule has 5 heteroatoms. The van der Waals surface area contributed by atoms with Gasteiger partial charge in [0, 0.05) is 50.2 Å². The highest BCUT2D eigenvalue weighted by atomic mass is 16.5. The molecule has 1 aromatic heterocycles. The van der Waals surface area contributed by atoms with Crippen molar-refractivity contribution in [2.45, 2.75) is 13.0 Å². The van der Waals surface area contributed by atoms with Gasteiger partial charge < -0.3 is 18.8 Å². The first-order valence-electron chi connectivity index (χ1n) is 12.0. The fourth-order valence-corrected chi connectivity index (χ4v) is 4.68. The second-order valence-electron chi connectivity index (χ2n) is 8.91. The van der Waals surface area contributed by atoms with Gasteiger partial charge in [0.15, 0.2) is 11.5 Å². The number of hydrogen-bond acceptors (Lipinski definition) is 5. The molecule has 0 radical (unpaired) electrons. The molecule has 0 bridgehead atoms. The third kappa shape index (κ3) is 5.11. The second-order valence-corrected chi connectivity index (χ2v) is 8.91. The number of rotatable bonds is 8. The maximum Gasteiger partial charge on any atom is 0.161 e. The molecule has 1 aliphatic rings. The van der Waals surface area contributed by atoms with Gasteiger partial charge in [0.25, 0.3) is 0 Å². The first-order chi connectivity index (χ1) is 16.7. The second kappa shape index (κ2) is 10.3. The molecule has 5 rings (SSSR count). The Labute approximate surface area is 201 Å². The van der Waals surface area contributed by atoms with Crippen LogP contribution in [0.4, 0.5) is 0 Å². The van der Waals surface area contributed by atoms with Crippen molar-refractivity contribution in [3.05, 3.63) is 83.9 Å². The predicted octanol–water partition coefficient (Wildman–Crippen LogP) is 5.48. The lowest BCUT2D eigenvalue weighted by Crippen LogP contribution is -2.46. The molecular formula is C29H32N2O3. The van der Waals surface area contributed by atoms with Gasteiger partial charge in [0.05, 0.1) is 14.2 Å². The Kier molecular flexibility index (Phi) is 6.84. The van der Waals surface area contributed by atoms with E-state index in [-0.39, 0.29) is 0 Å². The minimum atomic E-state index is 0.699. The average Bonchev–Trinajstić information content (AvgIpc) is 3.32. The van der Waals surface area contributed by atoms with E-state index in [1.807, 2.05) is 18.2 Å². The minimum absolute atomic E-state index is 0.699. The zero-order chi connectivity index (χ0) is 23.3. The van der Waals surface area contributed by atoms with Crippen molar-refractivity contribution in [3.63, 3.8) is 0 Å². The lowest BCUT2D eigenvalue weighted by atomic mass is 10.1. The molecule has 2 heterocycles. The van der Waals surface area contributed by atoms with Crippen molar-refractivity contribution in [1.82, 2.24) is 9.80 Å². The first kappa shape index (κ1) is 22.5. The third-order valence-electron chi connectivity index (χ3n) is 6.68. The summed E-state index contributed by atoms with van der Waals surface area (Å²) in [7, 11) is 3.29. The van der Waals surface area contributed by atoms with Gasteiger partial charge in [-0.1, -0.05) is 36.4 Å². The molecule has 1 aliphatic heterocycles. The van der Waals surface area contributed by atoms with Crippen molar-refractivity contribution in [2.24, 2.45) is 0 Å². The predicted molar refractivity (Wildman–Crippen MR) is 137 cm³/mol. The topological polar surface area (TPSA) is 38.1 Å². The summed E-state index contributed by atoms with van der Waals surface area (Å²) < 4.78 is 16.9. The Balaban J connectivity index is 1.19. The number of nitrogens with zero attached hydrogens (tertiary/aromatic N) is 2. The molecule has 0 saturated carbocycles. The number of fused-ring (bicyclic) bond motifs is 1. The van der Waals surface area contributed by atoms with Gasteiger partial charge in [0.1, 0.15) is 11.3 Å². The van der Waals surface area contributed by atoms with Gasteiger partial charge in [-0.15, -0.1) is 0 Å². The molecule has 1 saturated heterocycles. The van der Waals surface area contributed by atoms with Crippen molar-refractivity contribution in [1.29, 1.82) is 0 Å². The summed E-state index contributed by atoms with van der Waals surface area (Å²) in [6.45, 7) is 6.66. The summed E-state index contributed by atoms with van der Waals surface area (Å²) in [6.07, 6.45) is 1.05. The molecule has 0 aliphatic carbocycles. The Morgan fingerprint density at radius 2 is 1.50 bits per heavy atom. The number of hydrogen-bond donors (Lipinski definition) is 0. The largest absolute Gasteiger partial charge is 0.493 e. The molecule has 0 spiro atoms. The zero-order valence-electron chi connectivity index (χ0n) is 20.0. The molecule has 0 unspecified atom stereocenters. The highest BCUT2D eigenvalue weighted by Gasteiger charge is 2.17. The Morgan fingerprint density at radius 1 is 0.735 bits per heavy atom. The Hall–Kier alpha value is -3.28. The van der Waals surface area contributed by atoms with Crippen LogP contribution in [0, 0.1) is 0 Å². The van der Waals surface area contributed by atoms with Crippen LogP contribution >= 0.6 is 0 Å². The van der Waals surface area contributed by atoms with E-state index in [9.17, 15) is 0 Å². The van der Waals surface area contributed by atoms with E-state index >= 15 is 0 Å². The van der Waals surface area contributed by atoms with Crippen molar-refractivity contribution < 1.29 is 13.9 Å². The Morgan fingerprint density at radius 3 is 2.26 bits per heavy atom. The van der Waals surface area contributed by atoms with Crippen LogP contribution in [-0.2, 0) is 13.0 Å². The van der Waals surface area contributed by atoms with Crippen LogP contribution in [0.5, 0.6) is 11.5 Å². The SMILES string of the molecule is COc1ccc(-c2cc3cc(CCN4CCN(Cc5ccccc5)CC4)ccc3o2)cc1OC. The van der Waals surface area contributed by atoms with Crippen molar-refractivity contribution in [3.8, 4) is 22.8 Å². The monoisotopic (exact) mass is 456 g/mol. The standard InChI is InChI=1S/C29H32N2O3/c1-32-27-11-9-24(19-29(27)33-2)28-20-25-18-22(8-10-26(25)34-28)12-13-30-14-16-31(17-15-30)21-23-6-4-3-5-7-23/h3-11,18-20H,12-17,21H2,1-2H3. The van der Waals surface area contributed by atoms with Gasteiger partial charge in [-0.25, -0.2) is 0 Å². The van der Waals surface area contributed by atoms with Crippen LogP contribution in [0.15, 0.2) is 77.2 Å². The molecular weight excluding hydrogens is 424 g/mol. The van der Waals surface area contributed by atoms with Gasteiger partial charge in [0.2, 0.25) is 0 Å². The fraction of sp³-hybridized carbons (Fsp3) is 0.310. The number of methoxy groups -OCH3 is 2. The molecule has 4 aromatic rings. The van der Waals surface area contributed by atoms with Gasteiger partial charge in [-0.05, 0) is 53.9 Å². The molecule has 5 nitrogen and oxygen atoms in total. The van der Waals surface area contributed by atoms with Crippen LogP contribution in [0.1, 0.15) is 11.1 Å².